The van der Waals surface area contributed by atoms with Crippen LogP contribution >= 0.6 is 0 Å². The predicted octanol–water partition coefficient (Wildman–Crippen LogP) is 2.82. The fourth-order valence-electron chi connectivity index (χ4n) is 2.89. The van der Waals surface area contributed by atoms with E-state index < -0.39 is 54.1 Å². The van der Waals surface area contributed by atoms with E-state index in [2.05, 4.69) is 10.4 Å². The maximum Gasteiger partial charge on any atom is 0.338 e. The van der Waals surface area contributed by atoms with Crippen LogP contribution in [0.5, 0.6) is 0 Å². The summed E-state index contributed by atoms with van der Waals surface area (Å²) in [5, 5.41) is 8.51. The van der Waals surface area contributed by atoms with E-state index in [4.69, 9.17) is 4.74 Å². The second kappa shape index (κ2) is 9.98. The van der Waals surface area contributed by atoms with Gasteiger partial charge in [-0.2, -0.15) is 5.10 Å². The van der Waals surface area contributed by atoms with Crippen molar-refractivity contribution < 1.29 is 32.3 Å². The van der Waals surface area contributed by atoms with Crippen LogP contribution in [0.1, 0.15) is 21.7 Å². The van der Waals surface area contributed by atoms with Crippen molar-refractivity contribution in [3.63, 3.8) is 0 Å². The highest BCUT2D eigenvalue weighted by molar-refractivity contribution is 5.95. The van der Waals surface area contributed by atoms with Crippen LogP contribution in [0, 0.1) is 31.3 Å². The third-order valence-electron chi connectivity index (χ3n) is 4.45. The molecule has 0 atom stereocenters. The molecule has 172 valence electrons. The minimum absolute atomic E-state index is 0.208. The van der Waals surface area contributed by atoms with Gasteiger partial charge in [0.15, 0.2) is 24.1 Å². The van der Waals surface area contributed by atoms with E-state index in [9.17, 15) is 27.6 Å². The van der Waals surface area contributed by atoms with Crippen molar-refractivity contribution in [3.05, 3.63) is 76.9 Å². The average Bonchev–Trinajstić information content (AvgIpc) is 3.14. The molecule has 33 heavy (non-hydrogen) atoms. The van der Waals surface area contributed by atoms with Gasteiger partial charge in [-0.3, -0.25) is 9.59 Å². The van der Waals surface area contributed by atoms with Gasteiger partial charge in [0.05, 0.1) is 29.2 Å². The number of aryl methyl sites for hydroxylation is 2. The number of nitrogens with zero attached hydrogens (tertiary/aromatic N) is 2. The molecule has 0 spiro atoms. The molecule has 3 rings (SSSR count). The van der Waals surface area contributed by atoms with Gasteiger partial charge in [-0.15, -0.1) is 0 Å². The monoisotopic (exact) mass is 460 g/mol. The number of nitrogens with one attached hydrogen (secondary N) is 2. The van der Waals surface area contributed by atoms with E-state index in [0.29, 0.717) is 6.07 Å². The van der Waals surface area contributed by atoms with E-state index in [-0.39, 0.29) is 5.56 Å². The van der Waals surface area contributed by atoms with Crippen molar-refractivity contribution in [2.75, 3.05) is 18.5 Å². The van der Waals surface area contributed by atoms with Crippen molar-refractivity contribution in [1.29, 1.82) is 0 Å². The average molecular weight is 460 g/mol. The molecule has 0 saturated carbocycles. The maximum absolute atomic E-state index is 13.6. The molecule has 0 bridgehead atoms. The highest BCUT2D eigenvalue weighted by Crippen LogP contribution is 2.19. The smallest absolute Gasteiger partial charge is 0.338 e. The van der Waals surface area contributed by atoms with E-state index >= 15 is 0 Å². The van der Waals surface area contributed by atoms with Gasteiger partial charge in [0.2, 0.25) is 5.91 Å². The van der Waals surface area contributed by atoms with Gasteiger partial charge in [-0.1, -0.05) is 0 Å². The number of hydrogen-bond donors (Lipinski definition) is 2. The van der Waals surface area contributed by atoms with Crippen LogP contribution in [0.15, 0.2) is 42.5 Å². The molecule has 1 aromatic heterocycles. The van der Waals surface area contributed by atoms with Crippen LogP contribution in [-0.2, 0) is 14.3 Å². The number of rotatable bonds is 7. The SMILES string of the molecule is Cc1cc(C)n(-c2ccc(C(=O)OCC(=O)NCC(=O)Nc3ccc(F)c(F)c3F)cc2)n1. The Bertz CT molecular complexity index is 1210. The Kier molecular flexibility index (Phi) is 7.11. The minimum Gasteiger partial charge on any atom is -0.452 e. The summed E-state index contributed by atoms with van der Waals surface area (Å²) in [6, 6.07) is 9.81. The van der Waals surface area contributed by atoms with Crippen LogP contribution in [-0.4, -0.2) is 40.7 Å². The number of amides is 2. The molecule has 3 aromatic rings. The summed E-state index contributed by atoms with van der Waals surface area (Å²) in [4.78, 5) is 35.7. The highest BCUT2D eigenvalue weighted by atomic mass is 19.2. The number of aromatic nitrogens is 2. The topological polar surface area (TPSA) is 102 Å². The molecule has 0 aliphatic carbocycles. The van der Waals surface area contributed by atoms with Gasteiger partial charge < -0.3 is 15.4 Å². The number of carbonyl (C=O) groups excluding carboxylic acids is 3. The lowest BCUT2D eigenvalue weighted by atomic mass is 10.2. The molecule has 8 nitrogen and oxygen atoms in total. The van der Waals surface area contributed by atoms with E-state index in [1.165, 1.54) is 12.1 Å². The molecule has 2 N–H and O–H groups in total. The normalized spacial score (nSPS) is 10.6. The Morgan fingerprint density at radius 3 is 2.30 bits per heavy atom. The fourth-order valence-corrected chi connectivity index (χ4v) is 2.89. The van der Waals surface area contributed by atoms with Crippen LogP contribution in [0.4, 0.5) is 18.9 Å². The van der Waals surface area contributed by atoms with Gasteiger partial charge in [0.1, 0.15) is 0 Å². The summed E-state index contributed by atoms with van der Waals surface area (Å²) >= 11 is 0. The molecule has 0 radical (unpaired) electrons. The summed E-state index contributed by atoms with van der Waals surface area (Å²) in [7, 11) is 0. The molecule has 0 saturated heterocycles. The van der Waals surface area contributed by atoms with E-state index in [1.807, 2.05) is 25.2 Å². The van der Waals surface area contributed by atoms with Gasteiger partial charge in [0.25, 0.3) is 5.91 Å². The largest absolute Gasteiger partial charge is 0.452 e. The van der Waals surface area contributed by atoms with Gasteiger partial charge in [-0.25, -0.2) is 22.6 Å². The van der Waals surface area contributed by atoms with Crippen LogP contribution in [0.2, 0.25) is 0 Å². The summed E-state index contributed by atoms with van der Waals surface area (Å²) in [5.41, 5.74) is 2.16. The standard InChI is InChI=1S/C22H19F3N4O4/c1-12-9-13(2)29(28-12)15-5-3-14(4-6-15)22(32)33-11-19(31)26-10-18(30)27-17-8-7-16(23)20(24)21(17)25/h3-9H,10-11H2,1-2H3,(H,26,31)(H,27,30). The number of anilines is 1. The molecule has 11 heteroatoms. The number of halogens is 3. The first-order chi connectivity index (χ1) is 15.7. The summed E-state index contributed by atoms with van der Waals surface area (Å²) in [5.74, 6) is -7.12. The van der Waals surface area contributed by atoms with E-state index in [1.54, 1.807) is 16.8 Å². The van der Waals surface area contributed by atoms with Crippen molar-refractivity contribution in [2.45, 2.75) is 13.8 Å². The molecule has 0 unspecified atom stereocenters. The first-order valence-corrected chi connectivity index (χ1v) is 9.66. The predicted molar refractivity (Wildman–Crippen MR) is 111 cm³/mol. The maximum atomic E-state index is 13.6. The molecular weight excluding hydrogens is 441 g/mol. The lowest BCUT2D eigenvalue weighted by Crippen LogP contribution is -2.35. The van der Waals surface area contributed by atoms with Crippen LogP contribution < -0.4 is 10.6 Å². The molecule has 2 amide bonds. The number of carbonyl (C=O) groups is 3. The number of ether oxygens (including phenoxy) is 1. The van der Waals surface area contributed by atoms with Crippen molar-refractivity contribution >= 4 is 23.5 Å². The molecule has 2 aromatic carbocycles. The van der Waals surface area contributed by atoms with Gasteiger partial charge >= 0.3 is 5.97 Å². The Hall–Kier alpha value is -4.15. The highest BCUT2D eigenvalue weighted by Gasteiger charge is 2.16. The first kappa shape index (κ1) is 23.5. The molecular formula is C22H19F3N4O4. The quantitative estimate of drug-likeness (QED) is 0.417. The molecule has 1 heterocycles. The number of hydrogen-bond acceptors (Lipinski definition) is 5. The minimum atomic E-state index is -1.73. The Morgan fingerprint density at radius 1 is 0.970 bits per heavy atom. The Morgan fingerprint density at radius 2 is 1.67 bits per heavy atom. The third-order valence-corrected chi connectivity index (χ3v) is 4.45. The summed E-state index contributed by atoms with van der Waals surface area (Å²) < 4.78 is 46.3. The fraction of sp³-hybridized carbons (Fsp3) is 0.182. The number of benzene rings is 2. The lowest BCUT2D eigenvalue weighted by molar-refractivity contribution is -0.126. The zero-order valence-electron chi connectivity index (χ0n) is 17.6. The van der Waals surface area contributed by atoms with Gasteiger partial charge in [-0.05, 0) is 56.3 Å². The lowest BCUT2D eigenvalue weighted by Gasteiger charge is -2.09. The Balaban J connectivity index is 1.46. The second-order valence-electron chi connectivity index (χ2n) is 7.01. The van der Waals surface area contributed by atoms with Crippen molar-refractivity contribution in [3.8, 4) is 5.69 Å². The van der Waals surface area contributed by atoms with Gasteiger partial charge in [0, 0.05) is 5.69 Å². The summed E-state index contributed by atoms with van der Waals surface area (Å²) in [6.45, 7) is 2.50. The molecule has 0 aliphatic rings. The zero-order valence-corrected chi connectivity index (χ0v) is 17.6. The van der Waals surface area contributed by atoms with Crippen LogP contribution in [0.25, 0.3) is 5.69 Å². The Labute approximate surface area is 186 Å². The summed E-state index contributed by atoms with van der Waals surface area (Å²) in [6.07, 6.45) is 0. The second-order valence-corrected chi connectivity index (χ2v) is 7.01. The van der Waals surface area contributed by atoms with Crippen molar-refractivity contribution in [1.82, 2.24) is 15.1 Å². The van der Waals surface area contributed by atoms with Crippen molar-refractivity contribution in [2.24, 2.45) is 0 Å². The zero-order chi connectivity index (χ0) is 24.1. The molecule has 0 aliphatic heterocycles. The number of esters is 1. The van der Waals surface area contributed by atoms with Crippen LogP contribution in [0.3, 0.4) is 0 Å². The first-order valence-electron chi connectivity index (χ1n) is 9.66. The third kappa shape index (κ3) is 5.76. The molecule has 0 fully saturated rings. The van der Waals surface area contributed by atoms with E-state index in [0.717, 1.165) is 23.1 Å².